The van der Waals surface area contributed by atoms with Crippen molar-refractivity contribution in [1.82, 2.24) is 9.78 Å². The van der Waals surface area contributed by atoms with E-state index in [4.69, 9.17) is 17.3 Å². The quantitative estimate of drug-likeness (QED) is 0.773. The third-order valence-electron chi connectivity index (χ3n) is 2.15. The summed E-state index contributed by atoms with van der Waals surface area (Å²) in [6, 6.07) is 6.67. The highest BCUT2D eigenvalue weighted by Gasteiger charge is 2.06. The Labute approximate surface area is 91.3 Å². The molecule has 0 aliphatic heterocycles. The van der Waals surface area contributed by atoms with Crippen LogP contribution in [0.2, 0.25) is 5.02 Å². The molecule has 3 N–H and O–H groups in total. The predicted octanol–water partition coefficient (Wildman–Crippen LogP) is 1.71. The summed E-state index contributed by atoms with van der Waals surface area (Å²) in [4.78, 5) is 11.5. The van der Waals surface area contributed by atoms with E-state index < -0.39 is 0 Å². The molecular weight excluding hydrogens is 214 g/mol. The van der Waals surface area contributed by atoms with Crippen LogP contribution in [0.1, 0.15) is 5.56 Å². The number of nitrogens with zero attached hydrogens (tertiary/aromatic N) is 1. The monoisotopic (exact) mass is 223 g/mol. The minimum atomic E-state index is -0.196. The molecule has 0 saturated heterocycles. The van der Waals surface area contributed by atoms with Crippen LogP contribution in [-0.4, -0.2) is 9.78 Å². The number of anilines is 1. The molecule has 0 spiro atoms. The van der Waals surface area contributed by atoms with Gasteiger partial charge in [-0.05, 0) is 24.6 Å². The summed E-state index contributed by atoms with van der Waals surface area (Å²) in [5.41, 5.74) is 6.96. The second kappa shape index (κ2) is 3.47. The maximum Gasteiger partial charge on any atom is 0.273 e. The van der Waals surface area contributed by atoms with Crippen molar-refractivity contribution in [2.75, 3.05) is 5.73 Å². The Bertz CT molecular complexity index is 556. The van der Waals surface area contributed by atoms with Gasteiger partial charge in [0.1, 0.15) is 5.82 Å². The van der Waals surface area contributed by atoms with Crippen LogP contribution in [-0.2, 0) is 0 Å². The smallest absolute Gasteiger partial charge is 0.273 e. The van der Waals surface area contributed by atoms with Crippen molar-refractivity contribution < 1.29 is 0 Å². The van der Waals surface area contributed by atoms with E-state index in [1.807, 2.05) is 13.0 Å². The van der Waals surface area contributed by atoms with Crippen LogP contribution in [0.25, 0.3) is 5.69 Å². The van der Waals surface area contributed by atoms with Gasteiger partial charge in [-0.3, -0.25) is 9.89 Å². The van der Waals surface area contributed by atoms with Gasteiger partial charge in [0.15, 0.2) is 0 Å². The predicted molar refractivity (Wildman–Crippen MR) is 60.5 cm³/mol. The van der Waals surface area contributed by atoms with Gasteiger partial charge in [0.2, 0.25) is 0 Å². The Morgan fingerprint density at radius 2 is 2.13 bits per heavy atom. The average Bonchev–Trinajstić information content (AvgIpc) is 2.50. The van der Waals surface area contributed by atoms with Crippen molar-refractivity contribution in [2.45, 2.75) is 6.92 Å². The molecule has 0 amide bonds. The largest absolute Gasteiger partial charge is 0.384 e. The Morgan fingerprint density at radius 3 is 2.73 bits per heavy atom. The zero-order valence-electron chi connectivity index (χ0n) is 8.12. The lowest BCUT2D eigenvalue weighted by Crippen LogP contribution is -2.14. The van der Waals surface area contributed by atoms with Crippen molar-refractivity contribution in [3.63, 3.8) is 0 Å². The summed E-state index contributed by atoms with van der Waals surface area (Å²) in [6.07, 6.45) is 0. The lowest BCUT2D eigenvalue weighted by molar-refractivity contribution is 0.847. The molecule has 5 heteroatoms. The van der Waals surface area contributed by atoms with Crippen molar-refractivity contribution in [1.29, 1.82) is 0 Å². The number of aryl methyl sites for hydroxylation is 1. The highest BCUT2D eigenvalue weighted by atomic mass is 35.5. The number of hydrogen-bond acceptors (Lipinski definition) is 2. The second-order valence-corrected chi connectivity index (χ2v) is 3.75. The fourth-order valence-electron chi connectivity index (χ4n) is 1.42. The van der Waals surface area contributed by atoms with E-state index in [-0.39, 0.29) is 5.56 Å². The van der Waals surface area contributed by atoms with E-state index in [1.54, 1.807) is 12.1 Å². The number of aromatic amines is 1. The van der Waals surface area contributed by atoms with E-state index in [0.29, 0.717) is 16.5 Å². The van der Waals surface area contributed by atoms with E-state index in [9.17, 15) is 4.79 Å². The zero-order valence-corrected chi connectivity index (χ0v) is 8.88. The van der Waals surface area contributed by atoms with Crippen LogP contribution >= 0.6 is 11.6 Å². The summed E-state index contributed by atoms with van der Waals surface area (Å²) >= 11 is 5.87. The van der Waals surface area contributed by atoms with Crippen LogP contribution in [0.4, 0.5) is 5.82 Å². The molecule has 15 heavy (non-hydrogen) atoms. The Balaban J connectivity index is 2.68. The minimum Gasteiger partial charge on any atom is -0.384 e. The SMILES string of the molecule is Cc1ccc(Cl)cc1-n1[nH]c(N)cc1=O. The number of halogens is 1. The van der Waals surface area contributed by atoms with Crippen LogP contribution < -0.4 is 11.3 Å². The van der Waals surface area contributed by atoms with E-state index in [1.165, 1.54) is 10.7 Å². The van der Waals surface area contributed by atoms with Crippen molar-refractivity contribution in [3.05, 3.63) is 45.2 Å². The van der Waals surface area contributed by atoms with Crippen molar-refractivity contribution in [2.24, 2.45) is 0 Å². The summed E-state index contributed by atoms with van der Waals surface area (Å²) in [7, 11) is 0. The van der Waals surface area contributed by atoms with Gasteiger partial charge in [0, 0.05) is 11.1 Å². The van der Waals surface area contributed by atoms with E-state index in [2.05, 4.69) is 5.10 Å². The fraction of sp³-hybridized carbons (Fsp3) is 0.100. The lowest BCUT2D eigenvalue weighted by atomic mass is 10.2. The normalized spacial score (nSPS) is 10.5. The Morgan fingerprint density at radius 1 is 1.40 bits per heavy atom. The molecule has 1 aromatic heterocycles. The first kappa shape index (κ1) is 9.86. The maximum absolute atomic E-state index is 11.5. The molecule has 0 bridgehead atoms. The molecule has 2 aromatic rings. The molecule has 0 unspecified atom stereocenters. The highest BCUT2D eigenvalue weighted by molar-refractivity contribution is 6.30. The van der Waals surface area contributed by atoms with Crippen LogP contribution in [0, 0.1) is 6.92 Å². The first-order chi connectivity index (χ1) is 7.08. The van der Waals surface area contributed by atoms with Gasteiger partial charge < -0.3 is 5.73 Å². The number of hydrogen-bond donors (Lipinski definition) is 2. The number of nitrogens with two attached hydrogens (primary N) is 1. The van der Waals surface area contributed by atoms with Crippen LogP contribution in [0.5, 0.6) is 0 Å². The molecule has 0 aliphatic rings. The maximum atomic E-state index is 11.5. The third kappa shape index (κ3) is 1.76. The summed E-state index contributed by atoms with van der Waals surface area (Å²) in [5, 5.41) is 3.33. The molecule has 0 saturated carbocycles. The number of aromatic nitrogens is 2. The molecule has 78 valence electrons. The molecule has 1 aromatic carbocycles. The molecule has 2 rings (SSSR count). The number of benzene rings is 1. The van der Waals surface area contributed by atoms with E-state index >= 15 is 0 Å². The molecule has 0 aliphatic carbocycles. The third-order valence-corrected chi connectivity index (χ3v) is 2.39. The fourth-order valence-corrected chi connectivity index (χ4v) is 1.58. The summed E-state index contributed by atoms with van der Waals surface area (Å²) < 4.78 is 1.37. The Hall–Kier alpha value is -1.68. The van der Waals surface area contributed by atoms with Crippen molar-refractivity contribution >= 4 is 17.4 Å². The number of nitrogens with one attached hydrogen (secondary N) is 1. The molecule has 0 atom stereocenters. The van der Waals surface area contributed by atoms with Gasteiger partial charge in [0.05, 0.1) is 5.69 Å². The first-order valence-electron chi connectivity index (χ1n) is 4.42. The highest BCUT2D eigenvalue weighted by Crippen LogP contribution is 2.17. The second-order valence-electron chi connectivity index (χ2n) is 3.32. The number of nitrogen functional groups attached to an aromatic ring is 1. The topological polar surface area (TPSA) is 63.8 Å². The minimum absolute atomic E-state index is 0.196. The molecule has 0 fully saturated rings. The molecule has 4 nitrogen and oxygen atoms in total. The van der Waals surface area contributed by atoms with Gasteiger partial charge in [-0.15, -0.1) is 0 Å². The van der Waals surface area contributed by atoms with E-state index in [0.717, 1.165) is 5.56 Å². The lowest BCUT2D eigenvalue weighted by Gasteiger charge is -2.06. The number of rotatable bonds is 1. The molecule has 1 heterocycles. The molecular formula is C10H10ClN3O. The van der Waals surface area contributed by atoms with Crippen LogP contribution in [0.15, 0.2) is 29.1 Å². The van der Waals surface area contributed by atoms with Gasteiger partial charge in [-0.2, -0.15) is 0 Å². The van der Waals surface area contributed by atoms with Gasteiger partial charge in [0.25, 0.3) is 5.56 Å². The Kier molecular flexibility index (Phi) is 2.28. The van der Waals surface area contributed by atoms with Gasteiger partial charge >= 0.3 is 0 Å². The van der Waals surface area contributed by atoms with Crippen molar-refractivity contribution in [3.8, 4) is 5.69 Å². The summed E-state index contributed by atoms with van der Waals surface area (Å²) in [6.45, 7) is 1.90. The van der Waals surface area contributed by atoms with Gasteiger partial charge in [-0.25, -0.2) is 4.68 Å². The number of H-pyrrole nitrogens is 1. The van der Waals surface area contributed by atoms with Gasteiger partial charge in [-0.1, -0.05) is 17.7 Å². The van der Waals surface area contributed by atoms with Crippen LogP contribution in [0.3, 0.4) is 0 Å². The first-order valence-corrected chi connectivity index (χ1v) is 4.80. The zero-order chi connectivity index (χ0) is 11.0. The summed E-state index contributed by atoms with van der Waals surface area (Å²) in [5.74, 6) is 0.333. The average molecular weight is 224 g/mol. The standard InChI is InChI=1S/C10H10ClN3O/c1-6-2-3-7(11)4-8(6)14-10(15)5-9(12)13-14/h2-5,13H,12H2,1H3. The molecule has 0 radical (unpaired) electrons.